The van der Waals surface area contributed by atoms with Crippen LogP contribution in [0.25, 0.3) is 0 Å². The fourth-order valence-corrected chi connectivity index (χ4v) is 3.28. The molecule has 0 spiro atoms. The number of aryl methyl sites for hydroxylation is 3. The van der Waals surface area contributed by atoms with Gasteiger partial charge in [-0.15, -0.1) is 0 Å². The molecule has 1 aromatic carbocycles. The van der Waals surface area contributed by atoms with Gasteiger partial charge in [0.15, 0.2) is 0 Å². The van der Waals surface area contributed by atoms with E-state index in [0.29, 0.717) is 17.9 Å². The minimum atomic E-state index is 0.394. The van der Waals surface area contributed by atoms with E-state index in [1.807, 2.05) is 0 Å². The predicted molar refractivity (Wildman–Crippen MR) is 84.5 cm³/mol. The standard InChI is InChI=1S/C17H30N2/c1-11(2)15(10-18)17(19(6)7)16-13(4)8-12(3)9-14(16)5/h8-9,11,15,17H,10,18H2,1-7H3. The third kappa shape index (κ3) is 3.58. The normalized spacial score (nSPS) is 15.1. The monoisotopic (exact) mass is 262 g/mol. The summed E-state index contributed by atoms with van der Waals surface area (Å²) in [6.07, 6.45) is 0. The van der Waals surface area contributed by atoms with Gasteiger partial charge >= 0.3 is 0 Å². The van der Waals surface area contributed by atoms with Crippen LogP contribution >= 0.6 is 0 Å². The molecule has 0 saturated heterocycles. The zero-order valence-corrected chi connectivity index (χ0v) is 13.6. The lowest BCUT2D eigenvalue weighted by atomic mass is 9.80. The fraction of sp³-hybridized carbons (Fsp3) is 0.647. The van der Waals surface area contributed by atoms with E-state index in [1.165, 1.54) is 22.3 Å². The number of nitrogens with two attached hydrogens (primary N) is 1. The summed E-state index contributed by atoms with van der Waals surface area (Å²) in [5, 5.41) is 0. The predicted octanol–water partition coefficient (Wildman–Crippen LogP) is 3.45. The van der Waals surface area contributed by atoms with Crippen molar-refractivity contribution in [3.63, 3.8) is 0 Å². The first-order chi connectivity index (χ1) is 8.79. The van der Waals surface area contributed by atoms with Crippen molar-refractivity contribution in [3.05, 3.63) is 34.4 Å². The Labute approximate surface area is 119 Å². The van der Waals surface area contributed by atoms with Crippen molar-refractivity contribution in [3.8, 4) is 0 Å². The molecule has 2 heteroatoms. The summed E-state index contributed by atoms with van der Waals surface area (Å²) in [5.74, 6) is 1.06. The topological polar surface area (TPSA) is 29.3 Å². The Bertz CT molecular complexity index is 398. The Morgan fingerprint density at radius 2 is 1.53 bits per heavy atom. The lowest BCUT2D eigenvalue weighted by molar-refractivity contribution is 0.174. The molecule has 108 valence electrons. The molecule has 0 aliphatic carbocycles. The van der Waals surface area contributed by atoms with Crippen molar-refractivity contribution >= 4 is 0 Å². The van der Waals surface area contributed by atoms with Gasteiger partial charge < -0.3 is 10.6 Å². The van der Waals surface area contributed by atoms with E-state index in [1.54, 1.807) is 0 Å². The van der Waals surface area contributed by atoms with Crippen LogP contribution in [0.15, 0.2) is 12.1 Å². The average Bonchev–Trinajstić information content (AvgIpc) is 2.25. The summed E-state index contributed by atoms with van der Waals surface area (Å²) in [4.78, 5) is 2.32. The zero-order chi connectivity index (χ0) is 14.7. The Kier molecular flexibility index (Phi) is 5.57. The molecule has 19 heavy (non-hydrogen) atoms. The Morgan fingerprint density at radius 1 is 1.05 bits per heavy atom. The molecule has 0 saturated carbocycles. The van der Waals surface area contributed by atoms with E-state index in [-0.39, 0.29) is 0 Å². The maximum absolute atomic E-state index is 6.05. The van der Waals surface area contributed by atoms with E-state index in [4.69, 9.17) is 5.73 Å². The van der Waals surface area contributed by atoms with E-state index in [2.05, 4.69) is 65.7 Å². The second-order valence-corrected chi connectivity index (χ2v) is 6.36. The number of hydrogen-bond donors (Lipinski definition) is 1. The van der Waals surface area contributed by atoms with Gasteiger partial charge in [0.05, 0.1) is 0 Å². The van der Waals surface area contributed by atoms with Crippen molar-refractivity contribution in [1.29, 1.82) is 0 Å². The lowest BCUT2D eigenvalue weighted by Gasteiger charge is -2.36. The molecule has 0 amide bonds. The Hall–Kier alpha value is -0.860. The van der Waals surface area contributed by atoms with Gasteiger partial charge in [0.1, 0.15) is 0 Å². The molecule has 2 N–H and O–H groups in total. The first kappa shape index (κ1) is 16.2. The summed E-state index contributed by atoms with van der Waals surface area (Å²) in [6, 6.07) is 4.96. The molecule has 0 fully saturated rings. The number of benzene rings is 1. The Balaban J connectivity index is 3.35. The van der Waals surface area contributed by atoms with Crippen LogP contribution in [0.5, 0.6) is 0 Å². The minimum absolute atomic E-state index is 0.394. The van der Waals surface area contributed by atoms with Crippen LogP contribution in [0.2, 0.25) is 0 Å². The van der Waals surface area contributed by atoms with Crippen molar-refractivity contribution in [1.82, 2.24) is 4.90 Å². The van der Waals surface area contributed by atoms with Crippen LogP contribution in [0.4, 0.5) is 0 Å². The molecule has 1 rings (SSSR count). The smallest absolute Gasteiger partial charge is 0.0389 e. The van der Waals surface area contributed by atoms with E-state index >= 15 is 0 Å². The van der Waals surface area contributed by atoms with Crippen LogP contribution in [0.3, 0.4) is 0 Å². The van der Waals surface area contributed by atoms with Crippen molar-refractivity contribution in [2.45, 2.75) is 40.7 Å². The molecule has 2 unspecified atom stereocenters. The zero-order valence-electron chi connectivity index (χ0n) is 13.6. The lowest BCUT2D eigenvalue weighted by Crippen LogP contribution is -2.36. The molecular formula is C17H30N2. The van der Waals surface area contributed by atoms with Crippen molar-refractivity contribution in [2.75, 3.05) is 20.6 Å². The molecule has 0 aromatic heterocycles. The van der Waals surface area contributed by atoms with Crippen LogP contribution < -0.4 is 5.73 Å². The van der Waals surface area contributed by atoms with Gasteiger partial charge in [0.25, 0.3) is 0 Å². The van der Waals surface area contributed by atoms with Gasteiger partial charge in [0.2, 0.25) is 0 Å². The first-order valence-electron chi connectivity index (χ1n) is 7.23. The summed E-state index contributed by atoms with van der Waals surface area (Å²) >= 11 is 0. The van der Waals surface area contributed by atoms with Gasteiger partial charge in [-0.2, -0.15) is 0 Å². The molecule has 1 aromatic rings. The molecule has 2 nitrogen and oxygen atoms in total. The van der Waals surface area contributed by atoms with Gasteiger partial charge in [-0.3, -0.25) is 0 Å². The quantitative estimate of drug-likeness (QED) is 0.880. The Morgan fingerprint density at radius 3 is 1.84 bits per heavy atom. The first-order valence-corrected chi connectivity index (χ1v) is 7.23. The van der Waals surface area contributed by atoms with Crippen LogP contribution in [-0.2, 0) is 0 Å². The summed E-state index contributed by atoms with van der Waals surface area (Å²) in [7, 11) is 4.32. The van der Waals surface area contributed by atoms with Crippen LogP contribution in [-0.4, -0.2) is 25.5 Å². The fourth-order valence-electron chi connectivity index (χ4n) is 3.28. The number of nitrogens with zero attached hydrogens (tertiary/aromatic N) is 1. The highest BCUT2D eigenvalue weighted by molar-refractivity contribution is 5.40. The number of rotatable bonds is 5. The maximum atomic E-state index is 6.05. The third-order valence-electron chi connectivity index (χ3n) is 4.12. The highest BCUT2D eigenvalue weighted by Gasteiger charge is 2.29. The minimum Gasteiger partial charge on any atom is -0.330 e. The summed E-state index contributed by atoms with van der Waals surface area (Å²) in [6.45, 7) is 11.9. The van der Waals surface area contributed by atoms with Gasteiger partial charge in [-0.25, -0.2) is 0 Å². The maximum Gasteiger partial charge on any atom is 0.0389 e. The molecule has 0 radical (unpaired) electrons. The second kappa shape index (κ2) is 6.53. The largest absolute Gasteiger partial charge is 0.330 e. The second-order valence-electron chi connectivity index (χ2n) is 6.36. The SMILES string of the molecule is Cc1cc(C)c(C(C(CN)C(C)C)N(C)C)c(C)c1. The molecule has 0 bridgehead atoms. The highest BCUT2D eigenvalue weighted by Crippen LogP contribution is 2.35. The average molecular weight is 262 g/mol. The van der Waals surface area contributed by atoms with Gasteiger partial charge in [0, 0.05) is 6.04 Å². The molecule has 2 atom stereocenters. The van der Waals surface area contributed by atoms with Crippen LogP contribution in [0, 0.1) is 32.6 Å². The molecule has 0 aliphatic heterocycles. The van der Waals surface area contributed by atoms with Crippen molar-refractivity contribution in [2.24, 2.45) is 17.6 Å². The van der Waals surface area contributed by atoms with Crippen LogP contribution in [0.1, 0.15) is 42.1 Å². The van der Waals surface area contributed by atoms with Gasteiger partial charge in [-0.1, -0.05) is 31.5 Å². The van der Waals surface area contributed by atoms with E-state index in [0.717, 1.165) is 6.54 Å². The summed E-state index contributed by atoms with van der Waals surface area (Å²) in [5.41, 5.74) is 11.6. The van der Waals surface area contributed by atoms with Gasteiger partial charge in [-0.05, 0) is 69.9 Å². The molecule has 0 heterocycles. The summed E-state index contributed by atoms with van der Waals surface area (Å²) < 4.78 is 0. The highest BCUT2D eigenvalue weighted by atomic mass is 15.1. The third-order valence-corrected chi connectivity index (χ3v) is 4.12. The van der Waals surface area contributed by atoms with E-state index in [9.17, 15) is 0 Å². The molecular weight excluding hydrogens is 232 g/mol. The number of hydrogen-bond acceptors (Lipinski definition) is 2. The molecule has 0 aliphatic rings. The van der Waals surface area contributed by atoms with E-state index < -0.39 is 0 Å². The van der Waals surface area contributed by atoms with Crippen molar-refractivity contribution < 1.29 is 0 Å².